The summed E-state index contributed by atoms with van der Waals surface area (Å²) in [4.78, 5) is 24.3. The van der Waals surface area contributed by atoms with Crippen LogP contribution in [0.15, 0.2) is 22.7 Å². The molecule has 1 aromatic rings. The molecule has 0 unspecified atom stereocenters. The number of carbonyl (C=O) groups is 2. The fourth-order valence-corrected chi connectivity index (χ4v) is 3.20. The Morgan fingerprint density at radius 3 is 2.48 bits per heavy atom. The van der Waals surface area contributed by atoms with E-state index in [9.17, 15) is 22.8 Å². The summed E-state index contributed by atoms with van der Waals surface area (Å²) in [5.41, 5.74) is 1.55. The lowest BCUT2D eigenvalue weighted by Crippen LogP contribution is -2.34. The Hall–Kier alpha value is -1.57. The van der Waals surface area contributed by atoms with Gasteiger partial charge in [-0.25, -0.2) is 0 Å². The number of carbonyl (C=O) groups excluding carboxylic acids is 1. The van der Waals surface area contributed by atoms with Crippen LogP contribution < -0.4 is 0 Å². The van der Waals surface area contributed by atoms with Gasteiger partial charge in [0.25, 0.3) is 0 Å². The third-order valence-corrected chi connectivity index (χ3v) is 4.55. The summed E-state index contributed by atoms with van der Waals surface area (Å²) in [6, 6.07) is 5.28. The zero-order chi connectivity index (χ0) is 17.4. The van der Waals surface area contributed by atoms with Crippen LogP contribution in [-0.4, -0.2) is 41.1 Å². The molecule has 0 aliphatic carbocycles. The molecular formula is C15H15BrF3NO3. The van der Waals surface area contributed by atoms with E-state index in [0.29, 0.717) is 5.56 Å². The van der Waals surface area contributed by atoms with E-state index in [1.165, 1.54) is 0 Å². The Kier molecular flexibility index (Phi) is 5.03. The van der Waals surface area contributed by atoms with Crippen molar-refractivity contribution < 1.29 is 27.9 Å². The van der Waals surface area contributed by atoms with Gasteiger partial charge in [-0.15, -0.1) is 0 Å². The maximum atomic E-state index is 12.9. The number of hydrogen-bond acceptors (Lipinski definition) is 2. The highest BCUT2D eigenvalue weighted by atomic mass is 79.9. The molecule has 2 atom stereocenters. The van der Waals surface area contributed by atoms with Gasteiger partial charge in [0.05, 0.1) is 18.3 Å². The van der Waals surface area contributed by atoms with Crippen LogP contribution in [0.1, 0.15) is 11.1 Å². The number of hydrogen-bond donors (Lipinski definition) is 1. The van der Waals surface area contributed by atoms with Gasteiger partial charge in [-0.3, -0.25) is 9.59 Å². The van der Waals surface area contributed by atoms with E-state index in [4.69, 9.17) is 5.11 Å². The van der Waals surface area contributed by atoms with Crippen LogP contribution in [0.4, 0.5) is 13.2 Å². The Balaban J connectivity index is 2.13. The molecule has 0 saturated carbocycles. The summed E-state index contributed by atoms with van der Waals surface area (Å²) in [7, 11) is 0. The quantitative estimate of drug-likeness (QED) is 0.858. The molecule has 1 saturated heterocycles. The lowest BCUT2D eigenvalue weighted by molar-refractivity contribution is -0.188. The minimum atomic E-state index is -4.63. The number of carboxylic acid groups (broad SMARTS) is 1. The lowest BCUT2D eigenvalue weighted by atomic mass is 9.96. The van der Waals surface area contributed by atoms with Crippen LogP contribution in [0, 0.1) is 18.8 Å². The molecule has 1 fully saturated rings. The maximum Gasteiger partial charge on any atom is 0.394 e. The average molecular weight is 394 g/mol. The van der Waals surface area contributed by atoms with Crippen LogP contribution in [0.25, 0.3) is 0 Å². The standard InChI is InChI=1S/C15H15BrF3NO3/c1-8-4-10(16)3-2-9(8)5-13(21)20-6-11(14(22)23)12(7-20)15(17,18)19/h2-4,11-12H,5-7H2,1H3,(H,22,23)/t11-,12-/m1/s1. The first-order valence-corrected chi connectivity index (χ1v) is 7.71. The number of likely N-dealkylation sites (tertiary alicyclic amines) is 1. The fraction of sp³-hybridized carbons (Fsp3) is 0.467. The second kappa shape index (κ2) is 6.51. The van der Waals surface area contributed by atoms with Crippen molar-refractivity contribution in [1.82, 2.24) is 4.90 Å². The Bertz CT molecular complexity index is 633. The minimum absolute atomic E-state index is 0.0456. The van der Waals surface area contributed by atoms with Gasteiger partial charge in [0, 0.05) is 17.6 Å². The third-order valence-electron chi connectivity index (χ3n) is 4.06. The first-order valence-electron chi connectivity index (χ1n) is 6.92. The molecule has 23 heavy (non-hydrogen) atoms. The fourth-order valence-electron chi connectivity index (χ4n) is 2.72. The number of aryl methyl sites for hydroxylation is 1. The molecule has 1 aliphatic heterocycles. The Morgan fingerprint density at radius 2 is 2.00 bits per heavy atom. The number of halogens is 4. The van der Waals surface area contributed by atoms with Crippen molar-refractivity contribution in [2.75, 3.05) is 13.1 Å². The predicted molar refractivity (Wildman–Crippen MR) is 79.8 cm³/mol. The number of aliphatic carboxylic acids is 1. The van der Waals surface area contributed by atoms with Crippen molar-refractivity contribution in [3.8, 4) is 0 Å². The van der Waals surface area contributed by atoms with E-state index >= 15 is 0 Å². The highest BCUT2D eigenvalue weighted by Gasteiger charge is 2.53. The summed E-state index contributed by atoms with van der Waals surface area (Å²) >= 11 is 3.30. The summed E-state index contributed by atoms with van der Waals surface area (Å²) in [5.74, 6) is -5.64. The van der Waals surface area contributed by atoms with Crippen molar-refractivity contribution in [2.24, 2.45) is 11.8 Å². The number of nitrogens with zero attached hydrogens (tertiary/aromatic N) is 1. The molecule has 0 bridgehead atoms. The largest absolute Gasteiger partial charge is 0.481 e. The minimum Gasteiger partial charge on any atom is -0.481 e. The zero-order valence-electron chi connectivity index (χ0n) is 12.2. The van der Waals surface area contributed by atoms with Crippen LogP contribution in [0.3, 0.4) is 0 Å². The van der Waals surface area contributed by atoms with Crippen molar-refractivity contribution in [1.29, 1.82) is 0 Å². The highest BCUT2D eigenvalue weighted by Crippen LogP contribution is 2.38. The molecule has 4 nitrogen and oxygen atoms in total. The molecule has 0 spiro atoms. The second-order valence-electron chi connectivity index (χ2n) is 5.64. The van der Waals surface area contributed by atoms with E-state index in [0.717, 1.165) is 14.9 Å². The number of benzene rings is 1. The van der Waals surface area contributed by atoms with Gasteiger partial charge in [-0.1, -0.05) is 22.0 Å². The first-order chi connectivity index (χ1) is 10.6. The lowest BCUT2D eigenvalue weighted by Gasteiger charge is -2.18. The Labute approximate surface area is 139 Å². The van der Waals surface area contributed by atoms with Gasteiger partial charge in [0.15, 0.2) is 0 Å². The summed E-state index contributed by atoms with van der Waals surface area (Å²) in [5, 5.41) is 8.97. The number of alkyl halides is 3. The van der Waals surface area contributed by atoms with Crippen molar-refractivity contribution >= 4 is 27.8 Å². The van der Waals surface area contributed by atoms with E-state index < -0.39 is 43.0 Å². The second-order valence-corrected chi connectivity index (χ2v) is 6.55. The van der Waals surface area contributed by atoms with Gasteiger partial charge in [-0.2, -0.15) is 13.2 Å². The average Bonchev–Trinajstić information content (AvgIpc) is 2.87. The van der Waals surface area contributed by atoms with Crippen molar-refractivity contribution in [3.05, 3.63) is 33.8 Å². The molecule has 1 amide bonds. The predicted octanol–water partition coefficient (Wildman–Crippen LogP) is 3.02. The van der Waals surface area contributed by atoms with Crippen molar-refractivity contribution in [3.63, 3.8) is 0 Å². The molecule has 2 rings (SSSR count). The molecule has 1 aromatic carbocycles. The van der Waals surface area contributed by atoms with E-state index in [2.05, 4.69) is 15.9 Å². The SMILES string of the molecule is Cc1cc(Br)ccc1CC(=O)N1C[C@@H](C(F)(F)F)[C@H](C(=O)O)C1. The molecule has 1 N–H and O–H groups in total. The normalized spacial score (nSPS) is 21.5. The third kappa shape index (κ3) is 4.04. The van der Waals surface area contributed by atoms with Gasteiger partial charge in [0.1, 0.15) is 0 Å². The van der Waals surface area contributed by atoms with E-state index in [-0.39, 0.29) is 6.42 Å². The number of carboxylic acids is 1. The van der Waals surface area contributed by atoms with Crippen LogP contribution in [-0.2, 0) is 16.0 Å². The molecule has 126 valence electrons. The monoisotopic (exact) mass is 393 g/mol. The van der Waals surface area contributed by atoms with Gasteiger partial charge >= 0.3 is 12.1 Å². The van der Waals surface area contributed by atoms with Gasteiger partial charge in [-0.05, 0) is 30.2 Å². The topological polar surface area (TPSA) is 57.6 Å². The molecule has 0 aromatic heterocycles. The number of amides is 1. The summed E-state index contributed by atoms with van der Waals surface area (Å²) < 4.78 is 39.7. The van der Waals surface area contributed by atoms with Crippen LogP contribution in [0.5, 0.6) is 0 Å². The molecular weight excluding hydrogens is 379 g/mol. The summed E-state index contributed by atoms with van der Waals surface area (Å²) in [6.07, 6.45) is -4.68. The van der Waals surface area contributed by atoms with Gasteiger partial charge < -0.3 is 10.0 Å². The van der Waals surface area contributed by atoms with Crippen molar-refractivity contribution in [2.45, 2.75) is 19.5 Å². The molecule has 1 heterocycles. The van der Waals surface area contributed by atoms with Crippen LogP contribution in [0.2, 0.25) is 0 Å². The van der Waals surface area contributed by atoms with Crippen LogP contribution >= 0.6 is 15.9 Å². The Morgan fingerprint density at radius 1 is 1.35 bits per heavy atom. The summed E-state index contributed by atoms with van der Waals surface area (Å²) in [6.45, 7) is 0.790. The van der Waals surface area contributed by atoms with E-state index in [1.807, 2.05) is 6.07 Å². The molecule has 8 heteroatoms. The number of rotatable bonds is 3. The first kappa shape index (κ1) is 17.8. The smallest absolute Gasteiger partial charge is 0.394 e. The zero-order valence-corrected chi connectivity index (χ0v) is 13.8. The molecule has 0 radical (unpaired) electrons. The maximum absolute atomic E-state index is 12.9. The highest BCUT2D eigenvalue weighted by molar-refractivity contribution is 9.10. The van der Waals surface area contributed by atoms with Gasteiger partial charge in [0.2, 0.25) is 5.91 Å². The molecule has 1 aliphatic rings. The van der Waals surface area contributed by atoms with E-state index in [1.54, 1.807) is 19.1 Å².